The van der Waals surface area contributed by atoms with E-state index < -0.39 is 12.7 Å². The van der Waals surface area contributed by atoms with Crippen LogP contribution < -0.4 is 10.6 Å². The van der Waals surface area contributed by atoms with E-state index in [0.29, 0.717) is 24.6 Å². The molecule has 0 aliphatic rings. The Hall–Kier alpha value is -1.53. The van der Waals surface area contributed by atoms with Gasteiger partial charge in [-0.3, -0.25) is 0 Å². The van der Waals surface area contributed by atoms with Crippen LogP contribution in [0.15, 0.2) is 6.07 Å². The largest absolute Gasteiger partial charge is 0.405 e. The van der Waals surface area contributed by atoms with Gasteiger partial charge >= 0.3 is 6.18 Å². The van der Waals surface area contributed by atoms with Crippen molar-refractivity contribution in [2.45, 2.75) is 32.9 Å². The Kier molecular flexibility index (Phi) is 5.18. The predicted molar refractivity (Wildman–Crippen MR) is 64.7 cm³/mol. The van der Waals surface area contributed by atoms with Crippen molar-refractivity contribution >= 4 is 11.6 Å². The number of alkyl halides is 3. The summed E-state index contributed by atoms with van der Waals surface area (Å²) in [6.07, 6.45) is -2.78. The van der Waals surface area contributed by atoms with Crippen molar-refractivity contribution < 1.29 is 13.2 Å². The van der Waals surface area contributed by atoms with Crippen molar-refractivity contribution in [1.82, 2.24) is 9.97 Å². The smallest absolute Gasteiger partial charge is 0.370 e. The van der Waals surface area contributed by atoms with Crippen molar-refractivity contribution in [2.75, 3.05) is 23.7 Å². The van der Waals surface area contributed by atoms with E-state index in [4.69, 9.17) is 0 Å². The first-order chi connectivity index (χ1) is 8.44. The van der Waals surface area contributed by atoms with E-state index in [1.54, 1.807) is 0 Å². The molecule has 0 aliphatic heterocycles. The van der Waals surface area contributed by atoms with Crippen LogP contribution in [0.3, 0.4) is 0 Å². The highest BCUT2D eigenvalue weighted by atomic mass is 19.4. The van der Waals surface area contributed by atoms with Crippen LogP contribution in [-0.2, 0) is 6.42 Å². The lowest BCUT2D eigenvalue weighted by atomic mass is 10.3. The van der Waals surface area contributed by atoms with Gasteiger partial charge in [0, 0.05) is 19.0 Å². The summed E-state index contributed by atoms with van der Waals surface area (Å²) in [6, 6.07) is 1.48. The van der Waals surface area contributed by atoms with Crippen LogP contribution in [-0.4, -0.2) is 29.2 Å². The van der Waals surface area contributed by atoms with Gasteiger partial charge in [-0.05, 0) is 13.3 Å². The first kappa shape index (κ1) is 14.5. The van der Waals surface area contributed by atoms with Gasteiger partial charge in [0.2, 0.25) is 0 Å². The van der Waals surface area contributed by atoms with E-state index in [9.17, 15) is 13.2 Å². The lowest BCUT2D eigenvalue weighted by Crippen LogP contribution is -2.22. The summed E-state index contributed by atoms with van der Waals surface area (Å²) in [5.41, 5.74) is 0. The first-order valence-electron chi connectivity index (χ1n) is 5.87. The summed E-state index contributed by atoms with van der Waals surface area (Å²) >= 11 is 0. The molecule has 0 aliphatic carbocycles. The molecule has 1 heterocycles. The highest BCUT2D eigenvalue weighted by molar-refractivity contribution is 5.47. The minimum atomic E-state index is -4.26. The van der Waals surface area contributed by atoms with Crippen molar-refractivity contribution in [3.8, 4) is 0 Å². The third-order valence-electron chi connectivity index (χ3n) is 2.07. The van der Waals surface area contributed by atoms with Gasteiger partial charge in [0.25, 0.3) is 0 Å². The van der Waals surface area contributed by atoms with Crippen LogP contribution in [0.5, 0.6) is 0 Å². The van der Waals surface area contributed by atoms with Gasteiger partial charge in [0.1, 0.15) is 24.0 Å². The number of aromatic nitrogens is 2. The normalized spacial score (nSPS) is 11.4. The summed E-state index contributed by atoms with van der Waals surface area (Å²) in [6.45, 7) is 3.42. The Morgan fingerprint density at radius 2 is 1.72 bits per heavy atom. The van der Waals surface area contributed by atoms with Crippen LogP contribution in [0.1, 0.15) is 26.1 Å². The quantitative estimate of drug-likeness (QED) is 0.827. The van der Waals surface area contributed by atoms with E-state index in [1.165, 1.54) is 6.07 Å². The monoisotopic (exact) mass is 262 g/mol. The maximum Gasteiger partial charge on any atom is 0.405 e. The maximum absolute atomic E-state index is 12.1. The molecule has 0 amide bonds. The maximum atomic E-state index is 12.1. The fourth-order valence-electron chi connectivity index (χ4n) is 1.39. The number of hydrogen-bond donors (Lipinski definition) is 2. The summed E-state index contributed by atoms with van der Waals surface area (Å²) in [5.74, 6) is 1.28. The Balaban J connectivity index is 2.81. The third kappa shape index (κ3) is 5.20. The first-order valence-corrected chi connectivity index (χ1v) is 5.87. The van der Waals surface area contributed by atoms with E-state index in [1.807, 2.05) is 13.8 Å². The zero-order chi connectivity index (χ0) is 13.6. The minimum absolute atomic E-state index is 0.196. The molecule has 2 N–H and O–H groups in total. The number of aryl methyl sites for hydroxylation is 1. The summed E-state index contributed by atoms with van der Waals surface area (Å²) < 4.78 is 36.4. The van der Waals surface area contributed by atoms with Crippen molar-refractivity contribution in [1.29, 1.82) is 0 Å². The minimum Gasteiger partial charge on any atom is -0.370 e. The molecule has 18 heavy (non-hydrogen) atoms. The molecular weight excluding hydrogens is 245 g/mol. The molecule has 0 atom stereocenters. The van der Waals surface area contributed by atoms with Crippen molar-refractivity contribution in [3.63, 3.8) is 0 Å². The van der Waals surface area contributed by atoms with E-state index in [-0.39, 0.29) is 5.82 Å². The number of hydrogen-bond acceptors (Lipinski definition) is 4. The molecule has 0 spiro atoms. The summed E-state index contributed by atoms with van der Waals surface area (Å²) in [4.78, 5) is 8.26. The molecule has 0 radical (unpaired) electrons. The molecule has 102 valence electrons. The molecule has 1 rings (SSSR count). The van der Waals surface area contributed by atoms with Gasteiger partial charge in [-0.2, -0.15) is 13.2 Å². The lowest BCUT2D eigenvalue weighted by Gasteiger charge is -2.11. The summed E-state index contributed by atoms with van der Waals surface area (Å²) in [5, 5.41) is 5.24. The predicted octanol–water partition coefficient (Wildman–Crippen LogP) is 2.84. The van der Waals surface area contributed by atoms with Gasteiger partial charge in [-0.15, -0.1) is 0 Å². The van der Waals surface area contributed by atoms with E-state index >= 15 is 0 Å². The Labute approximate surface area is 104 Å². The molecule has 0 saturated carbocycles. The Morgan fingerprint density at radius 1 is 1.11 bits per heavy atom. The van der Waals surface area contributed by atoms with Gasteiger partial charge < -0.3 is 10.6 Å². The molecule has 0 saturated heterocycles. The second kappa shape index (κ2) is 6.42. The molecule has 0 bridgehead atoms. The number of rotatable bonds is 6. The standard InChI is InChI=1S/C11H17F3N4/c1-3-5-8-17-9(15-4-2)6-10(18-8)16-7-11(12,13)14/h6H,3-5,7H2,1-2H3,(H2,15,16,17,18). The van der Waals surface area contributed by atoms with Gasteiger partial charge in [-0.1, -0.05) is 6.92 Å². The molecule has 7 heteroatoms. The Bertz CT molecular complexity index is 355. The van der Waals surface area contributed by atoms with Gasteiger partial charge in [0.15, 0.2) is 0 Å². The summed E-state index contributed by atoms with van der Waals surface area (Å²) in [7, 11) is 0. The molecular formula is C11H17F3N4. The van der Waals surface area contributed by atoms with E-state index in [0.717, 1.165) is 6.42 Å². The van der Waals surface area contributed by atoms with Crippen LogP contribution >= 0.6 is 0 Å². The van der Waals surface area contributed by atoms with Gasteiger partial charge in [0.05, 0.1) is 0 Å². The number of nitrogens with zero attached hydrogens (tertiary/aromatic N) is 2. The van der Waals surface area contributed by atoms with Crippen LogP contribution in [0.2, 0.25) is 0 Å². The van der Waals surface area contributed by atoms with Crippen molar-refractivity contribution in [2.24, 2.45) is 0 Å². The second-order valence-corrected chi connectivity index (χ2v) is 3.80. The number of nitrogens with one attached hydrogen (secondary N) is 2. The van der Waals surface area contributed by atoms with Crippen molar-refractivity contribution in [3.05, 3.63) is 11.9 Å². The molecule has 1 aromatic heterocycles. The molecule has 4 nitrogen and oxygen atoms in total. The average Bonchev–Trinajstić information content (AvgIpc) is 2.26. The molecule has 0 unspecified atom stereocenters. The number of anilines is 2. The highest BCUT2D eigenvalue weighted by Gasteiger charge is 2.26. The average molecular weight is 262 g/mol. The Morgan fingerprint density at radius 3 is 2.22 bits per heavy atom. The van der Waals surface area contributed by atoms with Crippen LogP contribution in [0.25, 0.3) is 0 Å². The highest BCUT2D eigenvalue weighted by Crippen LogP contribution is 2.17. The zero-order valence-electron chi connectivity index (χ0n) is 10.4. The fraction of sp³-hybridized carbons (Fsp3) is 0.636. The second-order valence-electron chi connectivity index (χ2n) is 3.80. The zero-order valence-corrected chi connectivity index (χ0v) is 10.4. The number of halogens is 3. The van der Waals surface area contributed by atoms with Crippen LogP contribution in [0.4, 0.5) is 24.8 Å². The van der Waals surface area contributed by atoms with E-state index in [2.05, 4.69) is 20.6 Å². The topological polar surface area (TPSA) is 49.8 Å². The molecule has 0 fully saturated rings. The van der Waals surface area contributed by atoms with Crippen LogP contribution in [0, 0.1) is 0 Å². The molecule has 0 aromatic carbocycles. The van der Waals surface area contributed by atoms with Gasteiger partial charge in [-0.25, -0.2) is 9.97 Å². The third-order valence-corrected chi connectivity index (χ3v) is 2.07. The molecule has 1 aromatic rings. The SMILES string of the molecule is CCCc1nc(NCC)cc(NCC(F)(F)F)n1. The fourth-order valence-corrected chi connectivity index (χ4v) is 1.39. The lowest BCUT2D eigenvalue weighted by molar-refractivity contribution is -0.115.